The van der Waals surface area contributed by atoms with Crippen molar-refractivity contribution < 1.29 is 18.0 Å². The van der Waals surface area contributed by atoms with Crippen molar-refractivity contribution in [3.63, 3.8) is 0 Å². The Hall–Kier alpha value is -2.78. The van der Waals surface area contributed by atoms with Crippen LogP contribution >= 0.6 is 34.8 Å². The lowest BCUT2D eigenvalue weighted by atomic mass is 10.1. The van der Waals surface area contributed by atoms with Gasteiger partial charge in [-0.2, -0.15) is 0 Å². The van der Waals surface area contributed by atoms with Crippen LogP contribution < -0.4 is 9.62 Å². The molecule has 11 heteroatoms. The van der Waals surface area contributed by atoms with Crippen molar-refractivity contribution in [2.45, 2.75) is 44.7 Å². The quantitative estimate of drug-likeness (QED) is 0.252. The van der Waals surface area contributed by atoms with Crippen LogP contribution in [0.25, 0.3) is 0 Å². The predicted molar refractivity (Wildman–Crippen MR) is 161 cm³/mol. The smallest absolute Gasteiger partial charge is 0.264 e. The molecule has 0 fully saturated rings. The summed E-state index contributed by atoms with van der Waals surface area (Å²) in [5.74, 6) is -0.702. The Labute approximate surface area is 251 Å². The van der Waals surface area contributed by atoms with E-state index in [2.05, 4.69) is 5.32 Å². The van der Waals surface area contributed by atoms with Crippen LogP contribution in [0.2, 0.25) is 15.1 Å². The van der Waals surface area contributed by atoms with Crippen LogP contribution in [0.5, 0.6) is 0 Å². The number of nitrogens with one attached hydrogen (secondary N) is 1. The van der Waals surface area contributed by atoms with Crippen molar-refractivity contribution in [2.24, 2.45) is 5.92 Å². The number of rotatable bonds is 12. The molecule has 3 aromatic rings. The van der Waals surface area contributed by atoms with Gasteiger partial charge in [0.1, 0.15) is 12.6 Å². The highest BCUT2D eigenvalue weighted by molar-refractivity contribution is 7.92. The monoisotopic (exact) mass is 623 g/mol. The summed E-state index contributed by atoms with van der Waals surface area (Å²) in [7, 11) is -4.25. The first-order valence-electron chi connectivity index (χ1n) is 12.8. The first-order valence-corrected chi connectivity index (χ1v) is 15.4. The summed E-state index contributed by atoms with van der Waals surface area (Å²) in [6.45, 7) is 5.63. The molecule has 0 spiro atoms. The number of carbonyl (C=O) groups is 2. The number of sulfonamides is 1. The molecule has 2 amide bonds. The molecule has 214 valence electrons. The van der Waals surface area contributed by atoms with E-state index in [4.69, 9.17) is 34.8 Å². The first-order chi connectivity index (χ1) is 18.9. The molecule has 1 N–H and O–H groups in total. The van der Waals surface area contributed by atoms with Gasteiger partial charge in [0.2, 0.25) is 11.8 Å². The summed E-state index contributed by atoms with van der Waals surface area (Å²) in [5, 5.41) is 3.55. The van der Waals surface area contributed by atoms with Crippen molar-refractivity contribution in [2.75, 3.05) is 17.4 Å². The lowest BCUT2D eigenvalue weighted by Gasteiger charge is -2.33. The summed E-state index contributed by atoms with van der Waals surface area (Å²) in [6.07, 6.45) is 0.312. The second-order valence-corrected chi connectivity index (χ2v) is 12.7. The molecule has 3 rings (SSSR count). The second-order valence-electron chi connectivity index (χ2n) is 9.61. The molecule has 0 aliphatic rings. The van der Waals surface area contributed by atoms with Gasteiger partial charge in [-0.3, -0.25) is 13.9 Å². The molecule has 0 aromatic heterocycles. The highest BCUT2D eigenvalue weighted by atomic mass is 35.5. The number of hydrogen-bond acceptors (Lipinski definition) is 4. The Morgan fingerprint density at radius 1 is 0.900 bits per heavy atom. The lowest BCUT2D eigenvalue weighted by Crippen LogP contribution is -2.52. The number of anilines is 1. The zero-order chi connectivity index (χ0) is 29.4. The van der Waals surface area contributed by atoms with Gasteiger partial charge in [-0.1, -0.05) is 92.0 Å². The van der Waals surface area contributed by atoms with Gasteiger partial charge in [0, 0.05) is 18.1 Å². The molecule has 0 unspecified atom stereocenters. The summed E-state index contributed by atoms with van der Waals surface area (Å²) in [5.41, 5.74) is 0.779. The van der Waals surface area contributed by atoms with Crippen molar-refractivity contribution in [3.05, 3.63) is 93.4 Å². The van der Waals surface area contributed by atoms with Crippen LogP contribution in [0.4, 0.5) is 5.69 Å². The van der Waals surface area contributed by atoms with E-state index in [1.807, 2.05) is 13.8 Å². The summed E-state index contributed by atoms with van der Waals surface area (Å²) < 4.78 is 28.7. The maximum atomic E-state index is 14.1. The highest BCUT2D eigenvalue weighted by Gasteiger charge is 2.34. The minimum Gasteiger partial charge on any atom is -0.354 e. The topological polar surface area (TPSA) is 86.8 Å². The SMILES string of the molecule is CC[C@H](C(=O)NCC(C)C)N(Cc1ccc(Cl)cc1)C(=O)CN(c1cccc(Cl)c1Cl)S(=O)(=O)c1ccccc1. The Bertz CT molecular complexity index is 1420. The van der Waals surface area contributed by atoms with Gasteiger partial charge >= 0.3 is 0 Å². The normalized spacial score (nSPS) is 12.2. The van der Waals surface area contributed by atoms with Gasteiger partial charge in [-0.15, -0.1) is 0 Å². The van der Waals surface area contributed by atoms with Crippen LogP contribution in [0, 0.1) is 5.92 Å². The molecule has 1 atom stereocenters. The third kappa shape index (κ3) is 7.91. The fraction of sp³-hybridized carbons (Fsp3) is 0.310. The van der Waals surface area contributed by atoms with E-state index in [-0.39, 0.29) is 39.0 Å². The number of carbonyl (C=O) groups excluding carboxylic acids is 2. The molecular formula is C29H32Cl3N3O4S. The van der Waals surface area contributed by atoms with Gasteiger partial charge in [0.05, 0.1) is 20.6 Å². The second kappa shape index (κ2) is 14.2. The van der Waals surface area contributed by atoms with E-state index in [1.54, 1.807) is 55.5 Å². The molecule has 0 heterocycles. The predicted octanol–water partition coefficient (Wildman–Crippen LogP) is 6.42. The van der Waals surface area contributed by atoms with Crippen molar-refractivity contribution in [1.82, 2.24) is 10.2 Å². The zero-order valence-electron chi connectivity index (χ0n) is 22.5. The van der Waals surface area contributed by atoms with Crippen LogP contribution in [0.3, 0.4) is 0 Å². The maximum absolute atomic E-state index is 14.1. The largest absolute Gasteiger partial charge is 0.354 e. The van der Waals surface area contributed by atoms with Gasteiger partial charge in [-0.25, -0.2) is 8.42 Å². The third-order valence-corrected chi connectivity index (χ3v) is 8.98. The minimum absolute atomic E-state index is 0.0116. The zero-order valence-corrected chi connectivity index (χ0v) is 25.6. The molecule has 3 aromatic carbocycles. The Kier molecular flexibility index (Phi) is 11.3. The van der Waals surface area contributed by atoms with Gasteiger partial charge in [0.15, 0.2) is 0 Å². The standard InChI is InChI=1S/C29H32Cl3N3O4S/c1-4-25(29(37)33-17-20(2)3)34(18-21-13-15-22(30)16-14-21)27(36)19-35(26-12-8-11-24(31)28(26)32)40(38,39)23-9-6-5-7-10-23/h5-16,20,25H,4,17-19H2,1-3H3,(H,33,37)/t25-/m1/s1. The lowest BCUT2D eigenvalue weighted by molar-refractivity contribution is -0.140. The van der Waals surface area contributed by atoms with E-state index in [0.717, 1.165) is 9.87 Å². The highest BCUT2D eigenvalue weighted by Crippen LogP contribution is 2.35. The average molecular weight is 625 g/mol. The number of halogens is 3. The fourth-order valence-corrected chi connectivity index (χ4v) is 6.07. The fourth-order valence-electron chi connectivity index (χ4n) is 4.05. The third-order valence-electron chi connectivity index (χ3n) is 6.15. The molecular weight excluding hydrogens is 593 g/mol. The van der Waals surface area contributed by atoms with Crippen molar-refractivity contribution in [3.8, 4) is 0 Å². The Balaban J connectivity index is 2.07. The minimum atomic E-state index is -4.25. The van der Waals surface area contributed by atoms with Crippen molar-refractivity contribution in [1.29, 1.82) is 0 Å². The molecule has 0 saturated heterocycles. The van der Waals surface area contributed by atoms with Gasteiger partial charge in [0.25, 0.3) is 10.0 Å². The molecule has 40 heavy (non-hydrogen) atoms. The van der Waals surface area contributed by atoms with E-state index >= 15 is 0 Å². The Morgan fingerprint density at radius 2 is 1.55 bits per heavy atom. The van der Waals surface area contributed by atoms with E-state index in [0.29, 0.717) is 18.0 Å². The number of amides is 2. The molecule has 0 aliphatic heterocycles. The first kappa shape index (κ1) is 31.7. The van der Waals surface area contributed by atoms with Gasteiger partial charge < -0.3 is 10.2 Å². The number of benzene rings is 3. The average Bonchev–Trinajstić information content (AvgIpc) is 2.93. The summed E-state index contributed by atoms with van der Waals surface area (Å²) in [6, 6.07) is 18.4. The summed E-state index contributed by atoms with van der Waals surface area (Å²) in [4.78, 5) is 28.7. The Morgan fingerprint density at radius 3 is 2.15 bits per heavy atom. The number of hydrogen-bond donors (Lipinski definition) is 1. The molecule has 0 radical (unpaired) electrons. The van der Waals surface area contributed by atoms with Crippen LogP contribution in [-0.2, 0) is 26.2 Å². The van der Waals surface area contributed by atoms with Crippen LogP contribution in [-0.4, -0.2) is 44.3 Å². The van der Waals surface area contributed by atoms with Crippen molar-refractivity contribution >= 4 is 62.3 Å². The summed E-state index contributed by atoms with van der Waals surface area (Å²) >= 11 is 18.7. The van der Waals surface area contributed by atoms with E-state index in [9.17, 15) is 18.0 Å². The molecule has 0 bridgehead atoms. The maximum Gasteiger partial charge on any atom is 0.264 e. The van der Waals surface area contributed by atoms with Crippen LogP contribution in [0.15, 0.2) is 77.7 Å². The molecule has 0 aliphatic carbocycles. The van der Waals surface area contributed by atoms with E-state index in [1.165, 1.54) is 29.2 Å². The molecule has 0 saturated carbocycles. The number of nitrogens with zero attached hydrogens (tertiary/aromatic N) is 2. The molecule has 7 nitrogen and oxygen atoms in total. The van der Waals surface area contributed by atoms with Crippen LogP contribution in [0.1, 0.15) is 32.8 Å². The van der Waals surface area contributed by atoms with Gasteiger partial charge in [-0.05, 0) is 54.3 Å². The van der Waals surface area contributed by atoms with E-state index < -0.39 is 28.5 Å².